The lowest BCUT2D eigenvalue weighted by Crippen LogP contribution is -2.50. The van der Waals surface area contributed by atoms with Crippen LogP contribution in [0.1, 0.15) is 29.8 Å². The van der Waals surface area contributed by atoms with Gasteiger partial charge in [-0.25, -0.2) is 0 Å². The first-order valence-electron chi connectivity index (χ1n) is 9.39. The van der Waals surface area contributed by atoms with E-state index >= 15 is 0 Å². The summed E-state index contributed by atoms with van der Waals surface area (Å²) in [4.78, 5) is 36.4. The average Bonchev–Trinajstić information content (AvgIpc) is 2.76. The highest BCUT2D eigenvalue weighted by Gasteiger charge is 2.16. The fourth-order valence-corrected chi connectivity index (χ4v) is 2.45. The van der Waals surface area contributed by atoms with Gasteiger partial charge in [0.1, 0.15) is 6.04 Å². The lowest BCUT2D eigenvalue weighted by molar-refractivity contribution is -0.127. The number of methoxy groups -OCH3 is 1. The van der Waals surface area contributed by atoms with Crippen LogP contribution in [0.15, 0.2) is 54.6 Å². The zero-order valence-corrected chi connectivity index (χ0v) is 17.1. The Morgan fingerprint density at radius 2 is 1.77 bits per heavy atom. The van der Waals surface area contributed by atoms with Gasteiger partial charge in [0.2, 0.25) is 5.91 Å². The maximum absolute atomic E-state index is 12.3. The van der Waals surface area contributed by atoms with E-state index in [2.05, 4.69) is 16.2 Å². The van der Waals surface area contributed by atoms with Crippen molar-refractivity contribution in [3.63, 3.8) is 0 Å². The van der Waals surface area contributed by atoms with Crippen LogP contribution in [0, 0.1) is 0 Å². The number of hydrazine groups is 1. The Morgan fingerprint density at radius 3 is 2.43 bits per heavy atom. The molecular weight excluding hydrogens is 386 g/mol. The van der Waals surface area contributed by atoms with Crippen molar-refractivity contribution in [1.82, 2.24) is 16.2 Å². The molecule has 0 fully saturated rings. The first kappa shape index (κ1) is 22.5. The van der Waals surface area contributed by atoms with Crippen molar-refractivity contribution in [2.75, 3.05) is 13.7 Å². The van der Waals surface area contributed by atoms with Crippen LogP contribution in [0.3, 0.4) is 0 Å². The molecule has 3 amide bonds. The number of nitrogens with one attached hydrogen (secondary N) is 3. The minimum atomic E-state index is -0.854. The maximum Gasteiger partial charge on any atom is 0.269 e. The number of carbonyl (C=O) groups excluding carboxylic acids is 3. The van der Waals surface area contributed by atoms with Crippen molar-refractivity contribution in [3.05, 3.63) is 65.7 Å². The van der Waals surface area contributed by atoms with Crippen LogP contribution in [0.4, 0.5) is 0 Å². The summed E-state index contributed by atoms with van der Waals surface area (Å²) in [5, 5.41) is 2.53. The highest BCUT2D eigenvalue weighted by atomic mass is 16.5. The van der Waals surface area contributed by atoms with Gasteiger partial charge >= 0.3 is 0 Å². The van der Waals surface area contributed by atoms with E-state index in [4.69, 9.17) is 9.47 Å². The zero-order valence-electron chi connectivity index (χ0n) is 17.1. The SMILES string of the molecule is CCOc1ccc(C(=O)NNC(=O)[C@H](C)NC(=O)/C=C/c2ccccc2)cc1OC. The third-order valence-corrected chi connectivity index (χ3v) is 4.00. The van der Waals surface area contributed by atoms with Crippen molar-refractivity contribution < 1.29 is 23.9 Å². The minimum absolute atomic E-state index is 0.276. The van der Waals surface area contributed by atoms with Crippen molar-refractivity contribution in [3.8, 4) is 11.5 Å². The van der Waals surface area contributed by atoms with Gasteiger partial charge < -0.3 is 14.8 Å². The second-order valence-corrected chi connectivity index (χ2v) is 6.22. The first-order valence-corrected chi connectivity index (χ1v) is 9.39. The second kappa shape index (κ2) is 11.3. The minimum Gasteiger partial charge on any atom is -0.493 e. The van der Waals surface area contributed by atoms with E-state index in [9.17, 15) is 14.4 Å². The topological polar surface area (TPSA) is 106 Å². The van der Waals surface area contributed by atoms with Crippen LogP contribution < -0.4 is 25.6 Å². The molecule has 3 N–H and O–H groups in total. The normalized spacial score (nSPS) is 11.4. The molecular formula is C22H25N3O5. The van der Waals surface area contributed by atoms with Gasteiger partial charge in [0.25, 0.3) is 11.8 Å². The summed E-state index contributed by atoms with van der Waals surface area (Å²) in [6, 6.07) is 13.1. The summed E-state index contributed by atoms with van der Waals surface area (Å²) < 4.78 is 10.6. The summed E-state index contributed by atoms with van der Waals surface area (Å²) in [7, 11) is 1.47. The lowest BCUT2D eigenvalue weighted by atomic mass is 10.2. The van der Waals surface area contributed by atoms with Gasteiger partial charge in [0.05, 0.1) is 13.7 Å². The summed E-state index contributed by atoms with van der Waals surface area (Å²) >= 11 is 0. The van der Waals surface area contributed by atoms with Crippen LogP contribution in [-0.2, 0) is 9.59 Å². The summed E-state index contributed by atoms with van der Waals surface area (Å²) in [6.07, 6.45) is 2.98. The predicted octanol–water partition coefficient (Wildman–Crippen LogP) is 2.07. The van der Waals surface area contributed by atoms with Gasteiger partial charge in [-0.3, -0.25) is 25.2 Å². The molecule has 0 aromatic heterocycles. The molecule has 0 heterocycles. The molecule has 30 heavy (non-hydrogen) atoms. The molecule has 0 unspecified atom stereocenters. The van der Waals surface area contributed by atoms with Crippen molar-refractivity contribution >= 4 is 23.8 Å². The van der Waals surface area contributed by atoms with Crippen LogP contribution in [0.2, 0.25) is 0 Å². The summed E-state index contributed by atoms with van der Waals surface area (Å²) in [5.41, 5.74) is 5.74. The monoisotopic (exact) mass is 411 g/mol. The van der Waals surface area contributed by atoms with Crippen molar-refractivity contribution in [1.29, 1.82) is 0 Å². The molecule has 8 nitrogen and oxygen atoms in total. The Balaban J connectivity index is 1.86. The van der Waals surface area contributed by atoms with Gasteiger partial charge in [0.15, 0.2) is 11.5 Å². The number of hydrogen-bond acceptors (Lipinski definition) is 5. The van der Waals surface area contributed by atoms with Crippen LogP contribution >= 0.6 is 0 Å². The Hall–Kier alpha value is -3.81. The largest absolute Gasteiger partial charge is 0.493 e. The quantitative estimate of drug-likeness (QED) is 0.456. The Kier molecular flexibility index (Phi) is 8.43. The third-order valence-electron chi connectivity index (χ3n) is 4.00. The Labute approximate surface area is 175 Å². The number of hydrogen-bond donors (Lipinski definition) is 3. The molecule has 8 heteroatoms. The smallest absolute Gasteiger partial charge is 0.269 e. The second-order valence-electron chi connectivity index (χ2n) is 6.22. The first-order chi connectivity index (χ1) is 14.4. The van der Waals surface area contributed by atoms with Gasteiger partial charge in [-0.1, -0.05) is 30.3 Å². The van der Waals surface area contributed by atoms with Gasteiger partial charge in [0, 0.05) is 11.6 Å². The molecule has 0 spiro atoms. The molecule has 2 rings (SSSR count). The zero-order chi connectivity index (χ0) is 21.9. The predicted molar refractivity (Wildman–Crippen MR) is 113 cm³/mol. The molecule has 0 aliphatic heterocycles. The van der Waals surface area contributed by atoms with Crippen molar-refractivity contribution in [2.45, 2.75) is 19.9 Å². The van der Waals surface area contributed by atoms with E-state index in [1.165, 1.54) is 26.2 Å². The molecule has 2 aromatic rings. The summed E-state index contributed by atoms with van der Waals surface area (Å²) in [5.74, 6) is -0.610. The fraction of sp³-hybridized carbons (Fsp3) is 0.227. The van der Waals surface area contributed by atoms with E-state index in [0.717, 1.165) is 5.56 Å². The standard InChI is InChI=1S/C22H25N3O5/c1-4-30-18-12-11-17(14-19(18)29-3)22(28)25-24-21(27)15(2)23-20(26)13-10-16-8-6-5-7-9-16/h5-15H,4H2,1-3H3,(H,23,26)(H,24,27)(H,25,28)/b13-10+/t15-/m0/s1. The molecule has 158 valence electrons. The Bertz CT molecular complexity index is 912. The molecule has 0 aliphatic rings. The molecule has 0 saturated heterocycles. The van der Waals surface area contributed by atoms with E-state index in [0.29, 0.717) is 18.1 Å². The number of rotatable bonds is 8. The number of amides is 3. The Morgan fingerprint density at radius 1 is 1.03 bits per heavy atom. The van der Waals surface area contributed by atoms with Crippen LogP contribution in [0.5, 0.6) is 11.5 Å². The molecule has 0 saturated carbocycles. The molecule has 0 radical (unpaired) electrons. The highest BCUT2D eigenvalue weighted by molar-refractivity contribution is 5.98. The number of ether oxygens (including phenoxy) is 2. The maximum atomic E-state index is 12.3. The van der Waals surface area contributed by atoms with Gasteiger partial charge in [-0.05, 0) is 43.7 Å². The van der Waals surface area contributed by atoms with Crippen LogP contribution in [0.25, 0.3) is 6.08 Å². The lowest BCUT2D eigenvalue weighted by Gasteiger charge is -2.14. The van der Waals surface area contributed by atoms with Gasteiger partial charge in [-0.2, -0.15) is 0 Å². The number of benzene rings is 2. The van der Waals surface area contributed by atoms with E-state index in [1.807, 2.05) is 37.3 Å². The highest BCUT2D eigenvalue weighted by Crippen LogP contribution is 2.27. The van der Waals surface area contributed by atoms with Crippen LogP contribution in [-0.4, -0.2) is 37.5 Å². The van der Waals surface area contributed by atoms with E-state index < -0.39 is 23.8 Å². The summed E-state index contributed by atoms with van der Waals surface area (Å²) in [6.45, 7) is 3.81. The number of carbonyl (C=O) groups is 3. The molecule has 0 bridgehead atoms. The molecule has 2 aromatic carbocycles. The van der Waals surface area contributed by atoms with E-state index in [1.54, 1.807) is 18.2 Å². The van der Waals surface area contributed by atoms with Gasteiger partial charge in [-0.15, -0.1) is 0 Å². The van der Waals surface area contributed by atoms with E-state index in [-0.39, 0.29) is 5.56 Å². The molecule has 0 aliphatic carbocycles. The third kappa shape index (κ3) is 6.66. The van der Waals surface area contributed by atoms with Crippen molar-refractivity contribution in [2.24, 2.45) is 0 Å². The average molecular weight is 411 g/mol. The fourth-order valence-electron chi connectivity index (χ4n) is 2.45. The molecule has 1 atom stereocenters.